The number of benzene rings is 3. The Morgan fingerprint density at radius 3 is 2.35 bits per heavy atom. The summed E-state index contributed by atoms with van der Waals surface area (Å²) >= 11 is 0. The zero-order chi connectivity index (χ0) is 26.9. The van der Waals surface area contributed by atoms with Gasteiger partial charge in [-0.05, 0) is 74.0 Å². The first-order chi connectivity index (χ1) is 17.6. The van der Waals surface area contributed by atoms with Gasteiger partial charge in [0, 0.05) is 25.5 Å². The molecule has 192 valence electrons. The van der Waals surface area contributed by atoms with Gasteiger partial charge in [-0.2, -0.15) is 0 Å². The van der Waals surface area contributed by atoms with E-state index in [1.807, 2.05) is 45.0 Å². The molecule has 0 radical (unpaired) electrons. The number of amides is 1. The van der Waals surface area contributed by atoms with Gasteiger partial charge in [-0.25, -0.2) is 4.39 Å². The number of anilines is 2. The quantitative estimate of drug-likeness (QED) is 0.267. The summed E-state index contributed by atoms with van der Waals surface area (Å²) in [5.41, 5.74) is 1.73. The number of nitrogens with zero attached hydrogens (tertiary/aromatic N) is 2. The first-order valence-corrected chi connectivity index (χ1v) is 11.8. The molecule has 1 atom stereocenters. The lowest BCUT2D eigenvalue weighted by molar-refractivity contribution is -0.132. The van der Waals surface area contributed by atoms with Gasteiger partial charge >= 0.3 is 0 Å². The fourth-order valence-electron chi connectivity index (χ4n) is 4.37. The number of hydrogen-bond acceptors (Lipinski definition) is 6. The fraction of sp³-hybridized carbons (Fsp3) is 0.241. The maximum Gasteiger partial charge on any atom is 0.300 e. The molecular weight excluding hydrogens is 475 g/mol. The number of hydrogen-bond donors (Lipinski definition) is 1. The Kier molecular flexibility index (Phi) is 7.20. The minimum atomic E-state index is -0.992. The Morgan fingerprint density at radius 1 is 1.03 bits per heavy atom. The van der Waals surface area contributed by atoms with Crippen molar-refractivity contribution in [1.29, 1.82) is 0 Å². The van der Waals surface area contributed by atoms with Gasteiger partial charge in [-0.3, -0.25) is 14.5 Å². The van der Waals surface area contributed by atoms with Crippen LogP contribution in [0.25, 0.3) is 5.76 Å². The Bertz CT molecular complexity index is 1360. The Balaban J connectivity index is 1.95. The molecular formula is C29H29FN2O5. The zero-order valence-electron chi connectivity index (χ0n) is 21.4. The van der Waals surface area contributed by atoms with Crippen molar-refractivity contribution in [2.45, 2.75) is 26.0 Å². The standard InChI is InChI=1S/C29H29FN2O5/c1-17(2)37-22-8-6-7-18(15-22)26-25(27(33)23-16-19(30)9-14-24(23)36-5)28(34)29(35)32(26)21-12-10-20(11-13-21)31(3)4/h6-17,26,33H,1-5H3/b27-25+. The summed E-state index contributed by atoms with van der Waals surface area (Å²) < 4.78 is 25.3. The normalized spacial score (nSPS) is 16.8. The fourth-order valence-corrected chi connectivity index (χ4v) is 4.37. The topological polar surface area (TPSA) is 79.3 Å². The maximum atomic E-state index is 14.2. The summed E-state index contributed by atoms with van der Waals surface area (Å²) in [5, 5.41) is 11.4. The Labute approximate surface area is 215 Å². The van der Waals surface area contributed by atoms with E-state index in [9.17, 15) is 19.1 Å². The molecule has 0 aliphatic carbocycles. The summed E-state index contributed by atoms with van der Waals surface area (Å²) in [4.78, 5) is 30.1. The van der Waals surface area contributed by atoms with Crippen molar-refractivity contribution in [2.75, 3.05) is 31.0 Å². The molecule has 3 aromatic carbocycles. The number of carbonyl (C=O) groups excluding carboxylic acids is 2. The van der Waals surface area contributed by atoms with Crippen LogP contribution in [0.4, 0.5) is 15.8 Å². The second kappa shape index (κ2) is 10.3. The van der Waals surface area contributed by atoms with Crippen molar-refractivity contribution in [2.24, 2.45) is 0 Å². The van der Waals surface area contributed by atoms with E-state index in [0.29, 0.717) is 17.0 Å². The van der Waals surface area contributed by atoms with Crippen LogP contribution in [0.15, 0.2) is 72.3 Å². The van der Waals surface area contributed by atoms with Gasteiger partial charge in [-0.15, -0.1) is 0 Å². The summed E-state index contributed by atoms with van der Waals surface area (Å²) in [6.07, 6.45) is -0.100. The molecule has 1 amide bonds. The first-order valence-electron chi connectivity index (χ1n) is 11.8. The number of halogens is 1. The largest absolute Gasteiger partial charge is 0.507 e. The summed E-state index contributed by atoms with van der Waals surface area (Å²) in [7, 11) is 5.17. The van der Waals surface area contributed by atoms with Crippen LogP contribution in [0.5, 0.6) is 11.5 Å². The molecule has 1 unspecified atom stereocenters. The maximum absolute atomic E-state index is 14.2. The number of Topliss-reactive ketones (excluding diaryl/α,β-unsaturated/α-hetero) is 1. The number of aliphatic hydroxyl groups excluding tert-OH is 1. The monoisotopic (exact) mass is 504 g/mol. The van der Waals surface area contributed by atoms with Crippen LogP contribution in [0, 0.1) is 5.82 Å². The molecule has 8 heteroatoms. The number of aliphatic hydroxyl groups is 1. The van der Waals surface area contributed by atoms with Gasteiger partial charge in [0.05, 0.1) is 30.4 Å². The summed E-state index contributed by atoms with van der Waals surface area (Å²) in [5.74, 6) is -2.14. The predicted octanol–water partition coefficient (Wildman–Crippen LogP) is 5.31. The Hall–Kier alpha value is -4.33. The summed E-state index contributed by atoms with van der Waals surface area (Å²) in [6, 6.07) is 16.8. The second-order valence-electron chi connectivity index (χ2n) is 9.16. The molecule has 1 fully saturated rings. The molecule has 0 aromatic heterocycles. The molecule has 1 aliphatic heterocycles. The van der Waals surface area contributed by atoms with Gasteiger partial charge in [0.2, 0.25) is 0 Å². The number of carbonyl (C=O) groups is 2. The number of rotatable bonds is 7. The van der Waals surface area contributed by atoms with Crippen molar-refractivity contribution < 1.29 is 28.6 Å². The van der Waals surface area contributed by atoms with Crippen LogP contribution < -0.4 is 19.3 Å². The first kappa shape index (κ1) is 25.8. The van der Waals surface area contributed by atoms with E-state index in [-0.39, 0.29) is 23.0 Å². The molecule has 0 bridgehead atoms. The number of ether oxygens (including phenoxy) is 2. The lowest BCUT2D eigenvalue weighted by Gasteiger charge is -2.26. The van der Waals surface area contributed by atoms with Gasteiger partial charge in [0.15, 0.2) is 0 Å². The highest BCUT2D eigenvalue weighted by Gasteiger charge is 2.47. The van der Waals surface area contributed by atoms with Crippen molar-refractivity contribution in [3.8, 4) is 11.5 Å². The minimum absolute atomic E-state index is 0.0250. The zero-order valence-corrected chi connectivity index (χ0v) is 21.4. The highest BCUT2D eigenvalue weighted by molar-refractivity contribution is 6.51. The third kappa shape index (κ3) is 5.00. The molecule has 1 N–H and O–H groups in total. The van der Waals surface area contributed by atoms with Crippen molar-refractivity contribution in [3.05, 3.63) is 89.2 Å². The van der Waals surface area contributed by atoms with E-state index < -0.39 is 29.3 Å². The molecule has 4 rings (SSSR count). The van der Waals surface area contributed by atoms with Crippen LogP contribution in [0.2, 0.25) is 0 Å². The molecule has 0 saturated carbocycles. The predicted molar refractivity (Wildman–Crippen MR) is 141 cm³/mol. The van der Waals surface area contributed by atoms with Gasteiger partial charge < -0.3 is 19.5 Å². The van der Waals surface area contributed by atoms with Gasteiger partial charge in [0.1, 0.15) is 23.1 Å². The second-order valence-corrected chi connectivity index (χ2v) is 9.16. The van der Waals surface area contributed by atoms with Crippen LogP contribution in [0.1, 0.15) is 31.0 Å². The number of ketones is 1. The third-order valence-corrected chi connectivity index (χ3v) is 6.05. The molecule has 0 spiro atoms. The molecule has 37 heavy (non-hydrogen) atoms. The molecule has 1 heterocycles. The lowest BCUT2D eigenvalue weighted by Crippen LogP contribution is -2.29. The third-order valence-electron chi connectivity index (χ3n) is 6.05. The van der Waals surface area contributed by atoms with Crippen molar-refractivity contribution in [1.82, 2.24) is 0 Å². The van der Waals surface area contributed by atoms with E-state index in [2.05, 4.69) is 0 Å². The van der Waals surface area contributed by atoms with Gasteiger partial charge in [-0.1, -0.05) is 12.1 Å². The van der Waals surface area contributed by atoms with Gasteiger partial charge in [0.25, 0.3) is 11.7 Å². The lowest BCUT2D eigenvalue weighted by atomic mass is 9.94. The SMILES string of the molecule is COc1ccc(F)cc1/C(O)=C1\C(=O)C(=O)N(c2ccc(N(C)C)cc2)C1c1cccc(OC(C)C)c1. The average molecular weight is 505 g/mol. The average Bonchev–Trinajstić information content (AvgIpc) is 3.13. The molecule has 7 nitrogen and oxygen atoms in total. The minimum Gasteiger partial charge on any atom is -0.507 e. The van der Waals surface area contributed by atoms with Crippen LogP contribution >= 0.6 is 0 Å². The van der Waals surface area contributed by atoms with Crippen LogP contribution in [0.3, 0.4) is 0 Å². The van der Waals surface area contributed by atoms with E-state index in [1.165, 1.54) is 24.1 Å². The van der Waals surface area contributed by atoms with E-state index in [1.54, 1.807) is 36.4 Å². The van der Waals surface area contributed by atoms with E-state index >= 15 is 0 Å². The van der Waals surface area contributed by atoms with Crippen LogP contribution in [-0.2, 0) is 9.59 Å². The van der Waals surface area contributed by atoms with Crippen molar-refractivity contribution in [3.63, 3.8) is 0 Å². The Morgan fingerprint density at radius 2 is 1.73 bits per heavy atom. The van der Waals surface area contributed by atoms with E-state index in [0.717, 1.165) is 11.8 Å². The highest BCUT2D eigenvalue weighted by Crippen LogP contribution is 2.44. The summed E-state index contributed by atoms with van der Waals surface area (Å²) in [6.45, 7) is 3.78. The molecule has 1 aliphatic rings. The van der Waals surface area contributed by atoms with Crippen LogP contribution in [-0.4, -0.2) is 44.1 Å². The smallest absolute Gasteiger partial charge is 0.300 e. The number of methoxy groups -OCH3 is 1. The molecule has 1 saturated heterocycles. The highest BCUT2D eigenvalue weighted by atomic mass is 19.1. The van der Waals surface area contributed by atoms with E-state index in [4.69, 9.17) is 9.47 Å². The van der Waals surface area contributed by atoms with Crippen molar-refractivity contribution >= 4 is 28.8 Å². The molecule has 3 aromatic rings.